The highest BCUT2D eigenvalue weighted by Gasteiger charge is 2.20. The first-order chi connectivity index (χ1) is 9.19. The molecule has 0 spiro atoms. The minimum atomic E-state index is -0.553. The van der Waals surface area contributed by atoms with Crippen LogP contribution >= 0.6 is 0 Å². The fourth-order valence-corrected chi connectivity index (χ4v) is 2.17. The van der Waals surface area contributed by atoms with Crippen LogP contribution in [0.4, 0.5) is 0 Å². The Morgan fingerprint density at radius 2 is 2.21 bits per heavy atom. The molecule has 1 saturated heterocycles. The minimum absolute atomic E-state index is 0.113. The van der Waals surface area contributed by atoms with Crippen LogP contribution in [0.5, 0.6) is 5.75 Å². The van der Waals surface area contributed by atoms with Crippen LogP contribution in [0.3, 0.4) is 0 Å². The number of ether oxygens (including phenoxy) is 1. The van der Waals surface area contributed by atoms with Gasteiger partial charge in [-0.2, -0.15) is 0 Å². The second-order valence-corrected chi connectivity index (χ2v) is 4.75. The quantitative estimate of drug-likeness (QED) is 0.703. The van der Waals surface area contributed by atoms with Crippen LogP contribution in [0, 0.1) is 0 Å². The van der Waals surface area contributed by atoms with E-state index in [9.17, 15) is 9.90 Å². The first kappa shape index (κ1) is 13.8. The van der Waals surface area contributed by atoms with Crippen LogP contribution in [0.2, 0.25) is 0 Å². The normalized spacial score (nSPS) is 20.1. The number of benzene rings is 1. The van der Waals surface area contributed by atoms with Crippen molar-refractivity contribution in [2.24, 2.45) is 0 Å². The molecule has 1 amide bonds. The fraction of sp³-hybridized carbons (Fsp3) is 0.500. The van der Waals surface area contributed by atoms with Gasteiger partial charge >= 0.3 is 0 Å². The first-order valence-corrected chi connectivity index (χ1v) is 6.51. The molecule has 0 radical (unpaired) electrons. The van der Waals surface area contributed by atoms with Gasteiger partial charge in [-0.05, 0) is 24.1 Å². The molecular weight excluding hydrogens is 244 g/mol. The molecule has 0 bridgehead atoms. The van der Waals surface area contributed by atoms with E-state index in [-0.39, 0.29) is 11.9 Å². The Balaban J connectivity index is 1.74. The van der Waals surface area contributed by atoms with E-state index in [0.717, 1.165) is 17.7 Å². The van der Waals surface area contributed by atoms with Crippen LogP contribution in [0.25, 0.3) is 0 Å². The Bertz CT molecular complexity index is 419. The van der Waals surface area contributed by atoms with Gasteiger partial charge in [-0.1, -0.05) is 12.1 Å². The number of carbonyl (C=O) groups excluding carboxylic acids is 1. The molecule has 3 N–H and O–H groups in total. The molecule has 0 saturated carbocycles. The molecule has 0 aromatic heterocycles. The maximum atomic E-state index is 11.0. The van der Waals surface area contributed by atoms with Gasteiger partial charge in [-0.3, -0.25) is 4.79 Å². The van der Waals surface area contributed by atoms with Crippen molar-refractivity contribution in [1.29, 1.82) is 0 Å². The van der Waals surface area contributed by atoms with Gasteiger partial charge in [0.15, 0.2) is 0 Å². The van der Waals surface area contributed by atoms with Crippen molar-refractivity contribution >= 4 is 5.91 Å². The van der Waals surface area contributed by atoms with Gasteiger partial charge in [-0.25, -0.2) is 0 Å². The zero-order valence-corrected chi connectivity index (χ0v) is 11.1. The highest BCUT2D eigenvalue weighted by atomic mass is 16.5. The van der Waals surface area contributed by atoms with Gasteiger partial charge in [0.25, 0.3) is 0 Å². The summed E-state index contributed by atoms with van der Waals surface area (Å²) in [4.78, 5) is 11.0. The molecule has 1 aromatic carbocycles. The van der Waals surface area contributed by atoms with Crippen molar-refractivity contribution < 1.29 is 14.6 Å². The summed E-state index contributed by atoms with van der Waals surface area (Å²) < 4.78 is 5.07. The minimum Gasteiger partial charge on any atom is -0.497 e. The zero-order chi connectivity index (χ0) is 13.7. The molecule has 1 aliphatic heterocycles. The molecule has 2 rings (SSSR count). The first-order valence-electron chi connectivity index (χ1n) is 6.51. The van der Waals surface area contributed by atoms with Crippen molar-refractivity contribution in [2.45, 2.75) is 25.0 Å². The van der Waals surface area contributed by atoms with Gasteiger partial charge in [0.2, 0.25) is 5.91 Å². The Kier molecular flexibility index (Phi) is 4.76. The summed E-state index contributed by atoms with van der Waals surface area (Å²) in [6.45, 7) is 1.16. The lowest BCUT2D eigenvalue weighted by atomic mass is 10.1. The van der Waals surface area contributed by atoms with Crippen LogP contribution in [-0.4, -0.2) is 37.3 Å². The summed E-state index contributed by atoms with van der Waals surface area (Å²) >= 11 is 0. The van der Waals surface area contributed by atoms with Crippen LogP contribution < -0.4 is 15.4 Å². The van der Waals surface area contributed by atoms with Crippen LogP contribution in [0.1, 0.15) is 24.5 Å². The van der Waals surface area contributed by atoms with Gasteiger partial charge in [0, 0.05) is 25.6 Å². The van der Waals surface area contributed by atoms with Crippen molar-refractivity contribution in [2.75, 3.05) is 20.2 Å². The summed E-state index contributed by atoms with van der Waals surface area (Å²) in [5, 5.41) is 16.1. The standard InChI is InChI=1S/C14H20N2O3/c1-19-12-5-2-10(3-6-12)13(17)9-15-8-11-4-7-14(18)16-11/h2-3,5-6,11,13,15,17H,4,7-9H2,1H3,(H,16,18). The van der Waals surface area contributed by atoms with Crippen LogP contribution in [-0.2, 0) is 4.79 Å². The number of hydrogen-bond donors (Lipinski definition) is 3. The average Bonchev–Trinajstić information content (AvgIpc) is 2.84. The number of amides is 1. The molecule has 1 aliphatic rings. The predicted octanol–water partition coefficient (Wildman–Crippen LogP) is 0.597. The molecule has 2 unspecified atom stereocenters. The van der Waals surface area contributed by atoms with Crippen molar-refractivity contribution in [3.63, 3.8) is 0 Å². The fourth-order valence-electron chi connectivity index (χ4n) is 2.17. The molecule has 1 heterocycles. The van der Waals surface area contributed by atoms with Gasteiger partial charge in [0.1, 0.15) is 5.75 Å². The Labute approximate surface area is 113 Å². The molecule has 2 atom stereocenters. The van der Waals surface area contributed by atoms with Crippen molar-refractivity contribution in [3.8, 4) is 5.75 Å². The molecule has 1 aromatic rings. The van der Waals surface area contributed by atoms with E-state index in [1.807, 2.05) is 24.3 Å². The number of rotatable bonds is 6. The summed E-state index contributed by atoms with van der Waals surface area (Å²) in [6, 6.07) is 7.55. The third-order valence-electron chi connectivity index (χ3n) is 3.31. The second kappa shape index (κ2) is 6.54. The number of nitrogens with one attached hydrogen (secondary N) is 2. The lowest BCUT2D eigenvalue weighted by Gasteiger charge is -2.15. The van der Waals surface area contributed by atoms with E-state index >= 15 is 0 Å². The van der Waals surface area contributed by atoms with Gasteiger partial charge < -0.3 is 20.5 Å². The molecule has 19 heavy (non-hydrogen) atoms. The topological polar surface area (TPSA) is 70.6 Å². The summed E-state index contributed by atoms with van der Waals surface area (Å²) in [5.74, 6) is 0.889. The number of hydrogen-bond acceptors (Lipinski definition) is 4. The van der Waals surface area contributed by atoms with Crippen LogP contribution in [0.15, 0.2) is 24.3 Å². The van der Waals surface area contributed by atoms with E-state index in [0.29, 0.717) is 19.5 Å². The summed E-state index contributed by atoms with van der Waals surface area (Å²) in [5.41, 5.74) is 0.851. The van der Waals surface area contributed by atoms with E-state index in [2.05, 4.69) is 10.6 Å². The van der Waals surface area contributed by atoms with Gasteiger partial charge in [-0.15, -0.1) is 0 Å². The zero-order valence-electron chi connectivity index (χ0n) is 11.1. The summed E-state index contributed by atoms with van der Waals surface area (Å²) in [6.07, 6.45) is 0.917. The molecule has 104 valence electrons. The van der Waals surface area contributed by atoms with E-state index in [4.69, 9.17) is 4.74 Å². The molecule has 0 aliphatic carbocycles. The third kappa shape index (κ3) is 3.94. The summed E-state index contributed by atoms with van der Waals surface area (Å²) in [7, 11) is 1.61. The predicted molar refractivity (Wildman–Crippen MR) is 72.0 cm³/mol. The molecule has 5 nitrogen and oxygen atoms in total. The lowest BCUT2D eigenvalue weighted by Crippen LogP contribution is -2.37. The van der Waals surface area contributed by atoms with E-state index in [1.54, 1.807) is 7.11 Å². The maximum absolute atomic E-state index is 11.0. The monoisotopic (exact) mass is 264 g/mol. The number of methoxy groups -OCH3 is 1. The molecule has 1 fully saturated rings. The lowest BCUT2D eigenvalue weighted by molar-refractivity contribution is -0.119. The molecular formula is C14H20N2O3. The van der Waals surface area contributed by atoms with Crippen molar-refractivity contribution in [1.82, 2.24) is 10.6 Å². The number of aliphatic hydroxyl groups excluding tert-OH is 1. The SMILES string of the molecule is COc1ccc(C(O)CNCC2CCC(=O)N2)cc1. The van der Waals surface area contributed by atoms with Crippen molar-refractivity contribution in [3.05, 3.63) is 29.8 Å². The highest BCUT2D eigenvalue weighted by molar-refractivity contribution is 5.78. The maximum Gasteiger partial charge on any atom is 0.220 e. The van der Waals surface area contributed by atoms with E-state index < -0.39 is 6.10 Å². The number of carbonyl (C=O) groups is 1. The average molecular weight is 264 g/mol. The number of aliphatic hydroxyl groups is 1. The van der Waals surface area contributed by atoms with Gasteiger partial charge in [0.05, 0.1) is 13.2 Å². The van der Waals surface area contributed by atoms with E-state index in [1.165, 1.54) is 0 Å². The molecule has 5 heteroatoms. The highest BCUT2D eigenvalue weighted by Crippen LogP contribution is 2.17. The largest absolute Gasteiger partial charge is 0.497 e. The third-order valence-corrected chi connectivity index (χ3v) is 3.31. The Morgan fingerprint density at radius 1 is 1.47 bits per heavy atom. The second-order valence-electron chi connectivity index (χ2n) is 4.75. The Hall–Kier alpha value is -1.59. The smallest absolute Gasteiger partial charge is 0.220 e. The Morgan fingerprint density at radius 3 is 2.79 bits per heavy atom.